The summed E-state index contributed by atoms with van der Waals surface area (Å²) in [6, 6.07) is 0. The molecule has 138 valence electrons. The summed E-state index contributed by atoms with van der Waals surface area (Å²) in [7, 11) is 0. The summed E-state index contributed by atoms with van der Waals surface area (Å²) in [5, 5.41) is 18.0. The molecule has 2 atom stereocenters. The van der Waals surface area contributed by atoms with Crippen molar-refractivity contribution in [3.05, 3.63) is 17.6 Å². The number of hydrogen-bond acceptors (Lipinski definition) is 6. The van der Waals surface area contributed by atoms with Crippen molar-refractivity contribution in [3.8, 4) is 0 Å². The van der Waals surface area contributed by atoms with Gasteiger partial charge in [0, 0.05) is 31.5 Å². The zero-order valence-corrected chi connectivity index (χ0v) is 15.4. The van der Waals surface area contributed by atoms with E-state index in [1.807, 2.05) is 0 Å². The Morgan fingerprint density at radius 1 is 1.04 bits per heavy atom. The van der Waals surface area contributed by atoms with E-state index in [1.165, 1.54) is 44.3 Å². The van der Waals surface area contributed by atoms with E-state index in [4.69, 9.17) is 4.42 Å². The summed E-state index contributed by atoms with van der Waals surface area (Å²) < 4.78 is 8.53. The van der Waals surface area contributed by atoms with E-state index >= 15 is 0 Å². The molecule has 0 spiro atoms. The number of hydrogen-bond donors (Lipinski definition) is 0. The van der Waals surface area contributed by atoms with Crippen LogP contribution in [0.5, 0.6) is 0 Å². The first kappa shape index (κ1) is 15.2. The van der Waals surface area contributed by atoms with Crippen molar-refractivity contribution in [1.29, 1.82) is 0 Å². The highest BCUT2D eigenvalue weighted by Crippen LogP contribution is 2.52. The third-order valence-electron chi connectivity index (χ3n) is 6.97. The molecule has 6 rings (SSSR count). The molecule has 2 aromatic heterocycles. The molecule has 4 aliphatic rings. The lowest BCUT2D eigenvalue weighted by molar-refractivity contribution is 0.296. The van der Waals surface area contributed by atoms with E-state index in [-0.39, 0.29) is 5.41 Å². The van der Waals surface area contributed by atoms with Crippen LogP contribution in [-0.2, 0) is 12.0 Å². The monoisotopic (exact) mass is 354 g/mol. The molecule has 0 N–H and O–H groups in total. The van der Waals surface area contributed by atoms with Crippen LogP contribution in [0.25, 0.3) is 0 Å². The fourth-order valence-corrected chi connectivity index (χ4v) is 5.21. The molecule has 0 aromatic carbocycles. The van der Waals surface area contributed by atoms with Crippen LogP contribution in [0.4, 0.5) is 5.95 Å². The highest BCUT2D eigenvalue weighted by atomic mass is 16.4. The molecule has 0 radical (unpaired) electrons. The van der Waals surface area contributed by atoms with E-state index in [0.717, 1.165) is 43.8 Å². The highest BCUT2D eigenvalue weighted by molar-refractivity contribution is 5.39. The van der Waals surface area contributed by atoms with Gasteiger partial charge in [-0.15, -0.1) is 20.4 Å². The largest absolute Gasteiger partial charge is 0.424 e. The van der Waals surface area contributed by atoms with Crippen molar-refractivity contribution in [2.24, 2.45) is 5.92 Å². The van der Waals surface area contributed by atoms with Crippen LogP contribution in [0.1, 0.15) is 81.3 Å². The highest BCUT2D eigenvalue weighted by Gasteiger charge is 2.55. The summed E-state index contributed by atoms with van der Waals surface area (Å²) in [6.07, 6.45) is 8.58. The minimum absolute atomic E-state index is 0.0183. The van der Waals surface area contributed by atoms with Gasteiger partial charge in [0.2, 0.25) is 17.7 Å². The normalized spacial score (nSPS) is 31.0. The predicted molar refractivity (Wildman–Crippen MR) is 95.2 cm³/mol. The van der Waals surface area contributed by atoms with Crippen LogP contribution in [0.3, 0.4) is 0 Å². The first-order chi connectivity index (χ1) is 12.8. The zero-order valence-electron chi connectivity index (χ0n) is 15.4. The second-order valence-electron chi connectivity index (χ2n) is 8.72. The molecule has 0 bridgehead atoms. The molecule has 3 saturated carbocycles. The molecule has 0 unspecified atom stereocenters. The van der Waals surface area contributed by atoms with Crippen LogP contribution in [0.2, 0.25) is 0 Å². The number of fused-ring (bicyclic) bond motifs is 1. The van der Waals surface area contributed by atoms with Crippen molar-refractivity contribution in [1.82, 2.24) is 25.0 Å². The Morgan fingerprint density at radius 3 is 2.65 bits per heavy atom. The van der Waals surface area contributed by atoms with Crippen LogP contribution in [0.15, 0.2) is 4.42 Å². The topological polar surface area (TPSA) is 72.9 Å². The SMILES string of the molecule is CCn1c(C2CC2)nnc1N1C[C@@H]2CCC[C@]2(c2nnc(C3CC3)o2)C1. The molecule has 3 heterocycles. The van der Waals surface area contributed by atoms with Crippen molar-refractivity contribution in [2.45, 2.75) is 75.7 Å². The van der Waals surface area contributed by atoms with Gasteiger partial charge in [-0.1, -0.05) is 6.42 Å². The van der Waals surface area contributed by atoms with Crippen molar-refractivity contribution < 1.29 is 4.42 Å². The predicted octanol–water partition coefficient (Wildman–Crippen LogP) is 2.99. The number of anilines is 1. The molecular formula is C19H26N6O. The molecule has 1 aliphatic heterocycles. The molecule has 2 aromatic rings. The number of rotatable bonds is 5. The first-order valence-corrected chi connectivity index (χ1v) is 10.3. The Balaban J connectivity index is 1.33. The Morgan fingerprint density at radius 2 is 1.88 bits per heavy atom. The maximum atomic E-state index is 6.20. The van der Waals surface area contributed by atoms with Gasteiger partial charge >= 0.3 is 0 Å². The Kier molecular flexibility index (Phi) is 3.09. The summed E-state index contributed by atoms with van der Waals surface area (Å²) >= 11 is 0. The van der Waals surface area contributed by atoms with Crippen LogP contribution in [-0.4, -0.2) is 38.1 Å². The van der Waals surface area contributed by atoms with E-state index in [0.29, 0.717) is 17.8 Å². The minimum Gasteiger partial charge on any atom is -0.424 e. The maximum Gasteiger partial charge on any atom is 0.227 e. The van der Waals surface area contributed by atoms with E-state index in [9.17, 15) is 0 Å². The molecule has 7 heteroatoms. The molecule has 0 amide bonds. The van der Waals surface area contributed by atoms with Gasteiger partial charge < -0.3 is 9.32 Å². The lowest BCUT2D eigenvalue weighted by Gasteiger charge is -2.24. The summed E-state index contributed by atoms with van der Waals surface area (Å²) in [6.45, 7) is 5.11. The fourth-order valence-electron chi connectivity index (χ4n) is 5.21. The van der Waals surface area contributed by atoms with Crippen molar-refractivity contribution in [3.63, 3.8) is 0 Å². The summed E-state index contributed by atoms with van der Waals surface area (Å²) in [5.41, 5.74) is 0.0183. The van der Waals surface area contributed by atoms with E-state index < -0.39 is 0 Å². The van der Waals surface area contributed by atoms with Gasteiger partial charge in [-0.2, -0.15) is 0 Å². The Labute approximate surface area is 153 Å². The smallest absolute Gasteiger partial charge is 0.227 e. The minimum atomic E-state index is 0.0183. The second kappa shape index (κ2) is 5.30. The van der Waals surface area contributed by atoms with Gasteiger partial charge in [-0.25, -0.2) is 0 Å². The molecule has 1 saturated heterocycles. The van der Waals surface area contributed by atoms with Gasteiger partial charge in [0.05, 0.1) is 5.41 Å². The third-order valence-corrected chi connectivity index (χ3v) is 6.97. The maximum absolute atomic E-state index is 6.20. The Hall–Kier alpha value is -1.92. The molecular weight excluding hydrogens is 328 g/mol. The van der Waals surface area contributed by atoms with Gasteiger partial charge in [-0.05, 0) is 51.4 Å². The van der Waals surface area contributed by atoms with Crippen LogP contribution in [0, 0.1) is 5.92 Å². The van der Waals surface area contributed by atoms with Gasteiger partial charge in [0.1, 0.15) is 5.82 Å². The fraction of sp³-hybridized carbons (Fsp3) is 0.789. The Bertz CT molecular complexity index is 835. The molecule has 26 heavy (non-hydrogen) atoms. The second-order valence-corrected chi connectivity index (χ2v) is 8.72. The zero-order chi connectivity index (χ0) is 17.3. The lowest BCUT2D eigenvalue weighted by Crippen LogP contribution is -2.33. The average Bonchev–Trinajstić information content (AvgIpc) is 3.48. The summed E-state index contributed by atoms with van der Waals surface area (Å²) in [5.74, 6) is 5.72. The van der Waals surface area contributed by atoms with Crippen molar-refractivity contribution in [2.75, 3.05) is 18.0 Å². The van der Waals surface area contributed by atoms with Gasteiger partial charge in [0.15, 0.2) is 0 Å². The van der Waals surface area contributed by atoms with E-state index in [2.05, 4.69) is 36.8 Å². The lowest BCUT2D eigenvalue weighted by atomic mass is 9.80. The molecule has 4 fully saturated rings. The van der Waals surface area contributed by atoms with Gasteiger partial charge in [-0.3, -0.25) is 4.57 Å². The first-order valence-electron chi connectivity index (χ1n) is 10.3. The average molecular weight is 354 g/mol. The summed E-state index contributed by atoms with van der Waals surface area (Å²) in [4.78, 5) is 2.44. The van der Waals surface area contributed by atoms with Crippen LogP contribution >= 0.6 is 0 Å². The number of nitrogens with zero attached hydrogens (tertiary/aromatic N) is 6. The van der Waals surface area contributed by atoms with Gasteiger partial charge in [0.25, 0.3) is 0 Å². The van der Waals surface area contributed by atoms with E-state index in [1.54, 1.807) is 0 Å². The molecule has 3 aliphatic carbocycles. The van der Waals surface area contributed by atoms with Crippen molar-refractivity contribution >= 4 is 5.95 Å². The number of aromatic nitrogens is 5. The van der Waals surface area contributed by atoms with Crippen LogP contribution < -0.4 is 4.90 Å². The standard InChI is InChI=1S/C19H26N6O/c1-2-25-15(12-5-6-12)20-23-18(25)24-10-14-4-3-9-19(14,11-24)17-22-21-16(26-17)13-7-8-13/h12-14H,2-11H2,1H3/t14-,19-/m0/s1. The quantitative estimate of drug-likeness (QED) is 0.822. The molecule has 7 nitrogen and oxygen atoms in total. The third kappa shape index (κ3) is 2.12.